The molecule has 0 aromatic heterocycles. The molecule has 2 nitrogen and oxygen atoms in total. The number of nitrogens with zero attached hydrogens (tertiary/aromatic N) is 1. The second-order valence-corrected chi connectivity index (χ2v) is 3.49. The van der Waals surface area contributed by atoms with Crippen molar-refractivity contribution < 1.29 is 0 Å². The van der Waals surface area contributed by atoms with Gasteiger partial charge in [-0.1, -0.05) is 26.8 Å². The fourth-order valence-corrected chi connectivity index (χ4v) is 1.16. The zero-order valence-electron chi connectivity index (χ0n) is 8.75. The maximum absolute atomic E-state index is 5.62. The number of hydrazine groups is 1. The molecule has 0 bridgehead atoms. The van der Waals surface area contributed by atoms with Crippen molar-refractivity contribution in [1.29, 1.82) is 0 Å². The van der Waals surface area contributed by atoms with Crippen LogP contribution in [-0.2, 0) is 0 Å². The lowest BCUT2D eigenvalue weighted by molar-refractivity contribution is 0.398. The maximum Gasteiger partial charge on any atom is 0.0306 e. The third-order valence-corrected chi connectivity index (χ3v) is 2.22. The molecule has 0 aliphatic heterocycles. The normalized spacial score (nSPS) is 14.2. The first-order chi connectivity index (χ1) is 5.61. The summed E-state index contributed by atoms with van der Waals surface area (Å²) in [5.41, 5.74) is 0. The van der Waals surface area contributed by atoms with Gasteiger partial charge in [0.15, 0.2) is 0 Å². The summed E-state index contributed by atoms with van der Waals surface area (Å²) in [6.07, 6.45) is 5.37. The SMILES string of the molecule is CCC(/C=C\N(N)CC)C(C)C. The fourth-order valence-electron chi connectivity index (χ4n) is 1.16. The third kappa shape index (κ3) is 4.39. The molecule has 72 valence electrons. The molecule has 0 spiro atoms. The van der Waals surface area contributed by atoms with Crippen LogP contribution >= 0.6 is 0 Å². The van der Waals surface area contributed by atoms with Gasteiger partial charge in [-0.15, -0.1) is 0 Å². The third-order valence-electron chi connectivity index (χ3n) is 2.22. The van der Waals surface area contributed by atoms with E-state index in [-0.39, 0.29) is 0 Å². The van der Waals surface area contributed by atoms with Gasteiger partial charge in [-0.2, -0.15) is 0 Å². The molecule has 0 aliphatic rings. The Bertz CT molecular complexity index is 130. The van der Waals surface area contributed by atoms with E-state index in [1.165, 1.54) is 6.42 Å². The van der Waals surface area contributed by atoms with Crippen LogP contribution in [0.5, 0.6) is 0 Å². The second kappa shape index (κ2) is 6.06. The standard InChI is InChI=1S/C10H22N2/c1-5-10(9(3)4)7-8-12(11)6-2/h7-10H,5-6,11H2,1-4H3/b8-7-. The van der Waals surface area contributed by atoms with Crippen molar-refractivity contribution in [2.45, 2.75) is 34.1 Å². The Morgan fingerprint density at radius 1 is 1.33 bits per heavy atom. The highest BCUT2D eigenvalue weighted by atomic mass is 15.4. The van der Waals surface area contributed by atoms with E-state index in [9.17, 15) is 0 Å². The lowest BCUT2D eigenvalue weighted by Crippen LogP contribution is -2.24. The van der Waals surface area contributed by atoms with Crippen molar-refractivity contribution in [3.05, 3.63) is 12.3 Å². The number of rotatable bonds is 5. The molecule has 0 fully saturated rings. The average molecular weight is 170 g/mol. The quantitative estimate of drug-likeness (QED) is 0.507. The van der Waals surface area contributed by atoms with Crippen LogP contribution in [0, 0.1) is 11.8 Å². The topological polar surface area (TPSA) is 29.3 Å². The van der Waals surface area contributed by atoms with Crippen molar-refractivity contribution in [3.8, 4) is 0 Å². The Kier molecular flexibility index (Phi) is 5.81. The van der Waals surface area contributed by atoms with Crippen LogP contribution in [0.2, 0.25) is 0 Å². The molecule has 0 aromatic carbocycles. The summed E-state index contributed by atoms with van der Waals surface area (Å²) in [5.74, 6) is 6.98. The largest absolute Gasteiger partial charge is 0.319 e. The van der Waals surface area contributed by atoms with E-state index in [1.807, 2.05) is 13.1 Å². The van der Waals surface area contributed by atoms with Gasteiger partial charge in [0, 0.05) is 12.7 Å². The summed E-state index contributed by atoms with van der Waals surface area (Å²) < 4.78 is 0. The highest BCUT2D eigenvalue weighted by Gasteiger charge is 2.06. The molecule has 0 saturated heterocycles. The van der Waals surface area contributed by atoms with E-state index < -0.39 is 0 Å². The van der Waals surface area contributed by atoms with Crippen LogP contribution in [0.1, 0.15) is 34.1 Å². The van der Waals surface area contributed by atoms with E-state index in [2.05, 4.69) is 26.8 Å². The first-order valence-electron chi connectivity index (χ1n) is 4.81. The first-order valence-corrected chi connectivity index (χ1v) is 4.81. The molecule has 0 saturated carbocycles. The molecular formula is C10H22N2. The minimum Gasteiger partial charge on any atom is -0.319 e. The van der Waals surface area contributed by atoms with Crippen molar-refractivity contribution in [2.24, 2.45) is 17.7 Å². The number of hydrogen-bond acceptors (Lipinski definition) is 2. The van der Waals surface area contributed by atoms with E-state index in [1.54, 1.807) is 5.01 Å². The predicted molar refractivity (Wildman–Crippen MR) is 54.3 cm³/mol. The fraction of sp³-hybridized carbons (Fsp3) is 0.800. The lowest BCUT2D eigenvalue weighted by atomic mass is 9.93. The molecule has 0 rings (SSSR count). The Morgan fingerprint density at radius 2 is 1.92 bits per heavy atom. The molecule has 1 unspecified atom stereocenters. The van der Waals surface area contributed by atoms with Gasteiger partial charge in [-0.25, -0.2) is 5.84 Å². The molecular weight excluding hydrogens is 148 g/mol. The van der Waals surface area contributed by atoms with Crippen LogP contribution in [-0.4, -0.2) is 11.6 Å². The van der Waals surface area contributed by atoms with Gasteiger partial charge in [0.25, 0.3) is 0 Å². The van der Waals surface area contributed by atoms with Gasteiger partial charge >= 0.3 is 0 Å². The van der Waals surface area contributed by atoms with Crippen LogP contribution < -0.4 is 5.84 Å². The van der Waals surface area contributed by atoms with Crippen LogP contribution in [0.25, 0.3) is 0 Å². The van der Waals surface area contributed by atoms with Crippen molar-refractivity contribution in [3.63, 3.8) is 0 Å². The van der Waals surface area contributed by atoms with Crippen molar-refractivity contribution >= 4 is 0 Å². The van der Waals surface area contributed by atoms with Gasteiger partial charge < -0.3 is 5.01 Å². The van der Waals surface area contributed by atoms with Gasteiger partial charge in [0.05, 0.1) is 0 Å². The van der Waals surface area contributed by atoms with E-state index in [0.29, 0.717) is 11.8 Å². The number of nitrogens with two attached hydrogens (primary N) is 1. The summed E-state index contributed by atoms with van der Waals surface area (Å²) in [5, 5.41) is 1.71. The van der Waals surface area contributed by atoms with Gasteiger partial charge in [0.2, 0.25) is 0 Å². The predicted octanol–water partition coefficient (Wildman–Crippen LogP) is 2.38. The Hall–Kier alpha value is -0.500. The molecule has 1 atom stereocenters. The summed E-state index contributed by atoms with van der Waals surface area (Å²) in [6.45, 7) is 9.60. The molecule has 2 heteroatoms. The highest BCUT2D eigenvalue weighted by Crippen LogP contribution is 2.15. The Morgan fingerprint density at radius 3 is 2.25 bits per heavy atom. The second-order valence-electron chi connectivity index (χ2n) is 3.49. The summed E-state index contributed by atoms with van der Waals surface area (Å²) >= 11 is 0. The van der Waals surface area contributed by atoms with Crippen LogP contribution in [0.4, 0.5) is 0 Å². The van der Waals surface area contributed by atoms with Crippen molar-refractivity contribution in [1.82, 2.24) is 5.01 Å². The summed E-state index contributed by atoms with van der Waals surface area (Å²) in [6, 6.07) is 0. The zero-order valence-corrected chi connectivity index (χ0v) is 8.75. The Balaban J connectivity index is 3.92. The van der Waals surface area contributed by atoms with Crippen LogP contribution in [0.15, 0.2) is 12.3 Å². The van der Waals surface area contributed by atoms with Gasteiger partial charge in [-0.05, 0) is 25.2 Å². The minimum atomic E-state index is 0.655. The lowest BCUT2D eigenvalue weighted by Gasteiger charge is -2.16. The number of hydrogen-bond donors (Lipinski definition) is 1. The number of allylic oxidation sites excluding steroid dienone is 1. The molecule has 12 heavy (non-hydrogen) atoms. The van der Waals surface area contributed by atoms with E-state index in [0.717, 1.165) is 6.54 Å². The smallest absolute Gasteiger partial charge is 0.0306 e. The molecule has 2 N–H and O–H groups in total. The molecule has 0 amide bonds. The monoisotopic (exact) mass is 170 g/mol. The minimum absolute atomic E-state index is 0.655. The van der Waals surface area contributed by atoms with Crippen LogP contribution in [0.3, 0.4) is 0 Å². The molecule has 0 aliphatic carbocycles. The van der Waals surface area contributed by atoms with E-state index >= 15 is 0 Å². The molecule has 0 radical (unpaired) electrons. The Labute approximate surface area is 76.4 Å². The van der Waals surface area contributed by atoms with Crippen molar-refractivity contribution in [2.75, 3.05) is 6.54 Å². The maximum atomic E-state index is 5.62. The highest BCUT2D eigenvalue weighted by molar-refractivity contribution is 4.87. The summed E-state index contributed by atoms with van der Waals surface area (Å²) in [4.78, 5) is 0. The summed E-state index contributed by atoms with van der Waals surface area (Å²) in [7, 11) is 0. The first kappa shape index (κ1) is 11.5. The van der Waals surface area contributed by atoms with E-state index in [4.69, 9.17) is 5.84 Å². The molecule has 0 heterocycles. The average Bonchev–Trinajstić information content (AvgIpc) is 2.04. The van der Waals surface area contributed by atoms with Gasteiger partial charge in [0.1, 0.15) is 0 Å². The van der Waals surface area contributed by atoms with Gasteiger partial charge in [-0.3, -0.25) is 0 Å². The molecule has 0 aromatic rings. The zero-order chi connectivity index (χ0) is 9.56.